The van der Waals surface area contributed by atoms with Crippen LogP contribution in [0.25, 0.3) is 0 Å². The van der Waals surface area contributed by atoms with Gasteiger partial charge in [0.2, 0.25) is 0 Å². The molecule has 1 atom stereocenters. The van der Waals surface area contributed by atoms with E-state index in [2.05, 4.69) is 39.1 Å². The Morgan fingerprint density at radius 1 is 1.47 bits per heavy atom. The molecule has 2 nitrogen and oxygen atoms in total. The number of rotatable bonds is 6. The van der Waals surface area contributed by atoms with Crippen LogP contribution in [-0.4, -0.2) is 13.1 Å². The van der Waals surface area contributed by atoms with E-state index in [0.717, 1.165) is 25.3 Å². The van der Waals surface area contributed by atoms with Crippen LogP contribution in [0.3, 0.4) is 0 Å². The van der Waals surface area contributed by atoms with Gasteiger partial charge in [0, 0.05) is 13.0 Å². The molecule has 2 heteroatoms. The van der Waals surface area contributed by atoms with Crippen molar-refractivity contribution in [3.8, 4) is 0 Å². The van der Waals surface area contributed by atoms with E-state index in [1.54, 1.807) is 6.26 Å². The molecule has 1 aromatic heterocycles. The predicted octanol–water partition coefficient (Wildman–Crippen LogP) is 3.09. The van der Waals surface area contributed by atoms with Gasteiger partial charge in [-0.25, -0.2) is 0 Å². The van der Waals surface area contributed by atoms with E-state index in [1.165, 1.54) is 0 Å². The number of nitrogens with one attached hydrogen (secondary N) is 1. The molecule has 1 N–H and O–H groups in total. The molecule has 0 saturated heterocycles. The molecule has 86 valence electrons. The summed E-state index contributed by atoms with van der Waals surface area (Å²) in [5, 5.41) is 3.44. The molecule has 1 heterocycles. The lowest BCUT2D eigenvalue weighted by Gasteiger charge is -2.33. The number of furan rings is 1. The van der Waals surface area contributed by atoms with Crippen molar-refractivity contribution in [3.63, 3.8) is 0 Å². The van der Waals surface area contributed by atoms with Gasteiger partial charge in [0.15, 0.2) is 0 Å². The molecule has 0 aromatic carbocycles. The fourth-order valence-electron chi connectivity index (χ4n) is 1.69. The fraction of sp³-hybridized carbons (Fsp3) is 0.692. The summed E-state index contributed by atoms with van der Waals surface area (Å²) in [6, 6.07) is 4.02. The molecule has 0 aliphatic carbocycles. The van der Waals surface area contributed by atoms with Gasteiger partial charge < -0.3 is 9.73 Å². The summed E-state index contributed by atoms with van der Waals surface area (Å²) in [5.41, 5.74) is 0.272. The van der Waals surface area contributed by atoms with Gasteiger partial charge in [0.05, 0.1) is 6.26 Å². The molecule has 1 unspecified atom stereocenters. The minimum Gasteiger partial charge on any atom is -0.469 e. The van der Waals surface area contributed by atoms with E-state index in [0.29, 0.717) is 5.92 Å². The summed E-state index contributed by atoms with van der Waals surface area (Å²) >= 11 is 0. The van der Waals surface area contributed by atoms with Gasteiger partial charge >= 0.3 is 0 Å². The smallest absolute Gasteiger partial charge is 0.104 e. The highest BCUT2D eigenvalue weighted by atomic mass is 16.3. The van der Waals surface area contributed by atoms with Crippen LogP contribution in [0, 0.1) is 11.3 Å². The molecular formula is C13H23NO. The third-order valence-corrected chi connectivity index (χ3v) is 3.33. The summed E-state index contributed by atoms with van der Waals surface area (Å²) in [6.07, 6.45) is 2.76. The molecule has 0 aliphatic heterocycles. The second-order valence-electron chi connectivity index (χ2n) is 4.85. The van der Waals surface area contributed by atoms with Gasteiger partial charge in [-0.15, -0.1) is 0 Å². The lowest BCUT2D eigenvalue weighted by atomic mass is 9.75. The van der Waals surface area contributed by atoms with Crippen LogP contribution in [0.1, 0.15) is 33.5 Å². The first kappa shape index (κ1) is 12.3. The van der Waals surface area contributed by atoms with Crippen molar-refractivity contribution in [3.05, 3.63) is 24.2 Å². The summed E-state index contributed by atoms with van der Waals surface area (Å²) < 4.78 is 5.43. The molecule has 0 bridgehead atoms. The molecule has 1 rings (SSSR count). The van der Waals surface area contributed by atoms with Gasteiger partial charge in [-0.1, -0.05) is 27.7 Å². The van der Waals surface area contributed by atoms with E-state index in [4.69, 9.17) is 4.42 Å². The molecule has 0 spiro atoms. The third-order valence-electron chi connectivity index (χ3n) is 3.33. The Bertz CT molecular complexity index is 266. The van der Waals surface area contributed by atoms with Crippen molar-refractivity contribution >= 4 is 0 Å². The maximum atomic E-state index is 5.43. The third kappa shape index (κ3) is 3.38. The Balaban J connectivity index is 2.64. The van der Waals surface area contributed by atoms with E-state index >= 15 is 0 Å². The van der Waals surface area contributed by atoms with Crippen LogP contribution in [-0.2, 0) is 6.42 Å². The first-order valence-corrected chi connectivity index (χ1v) is 5.81. The van der Waals surface area contributed by atoms with E-state index in [9.17, 15) is 0 Å². The Morgan fingerprint density at radius 2 is 2.20 bits per heavy atom. The van der Waals surface area contributed by atoms with Crippen molar-refractivity contribution in [1.82, 2.24) is 5.32 Å². The lowest BCUT2D eigenvalue weighted by Crippen LogP contribution is -2.37. The van der Waals surface area contributed by atoms with Crippen molar-refractivity contribution in [1.29, 1.82) is 0 Å². The number of hydrogen-bond donors (Lipinski definition) is 1. The summed E-state index contributed by atoms with van der Waals surface area (Å²) in [6.45, 7) is 11.1. The quantitative estimate of drug-likeness (QED) is 0.779. The van der Waals surface area contributed by atoms with Gasteiger partial charge in [0.25, 0.3) is 0 Å². The zero-order valence-electron chi connectivity index (χ0n) is 10.3. The SMILES string of the molecule is CCNCC(C)(Cc1ccco1)C(C)C. The Hall–Kier alpha value is -0.760. The molecule has 1 aromatic rings. The maximum absolute atomic E-state index is 5.43. The van der Waals surface area contributed by atoms with E-state index < -0.39 is 0 Å². The Morgan fingerprint density at radius 3 is 2.67 bits per heavy atom. The highest BCUT2D eigenvalue weighted by molar-refractivity contribution is 5.02. The maximum Gasteiger partial charge on any atom is 0.104 e. The van der Waals surface area contributed by atoms with Gasteiger partial charge in [-0.2, -0.15) is 0 Å². The van der Waals surface area contributed by atoms with Crippen molar-refractivity contribution < 1.29 is 4.42 Å². The van der Waals surface area contributed by atoms with Crippen LogP contribution in [0.5, 0.6) is 0 Å². The van der Waals surface area contributed by atoms with Crippen LogP contribution < -0.4 is 5.32 Å². The topological polar surface area (TPSA) is 25.2 Å². The highest BCUT2D eigenvalue weighted by Gasteiger charge is 2.29. The summed E-state index contributed by atoms with van der Waals surface area (Å²) in [4.78, 5) is 0. The van der Waals surface area contributed by atoms with Crippen molar-refractivity contribution in [2.45, 2.75) is 34.1 Å². The lowest BCUT2D eigenvalue weighted by molar-refractivity contribution is 0.196. The standard InChI is InChI=1S/C13H23NO/c1-5-14-10-13(4,11(2)3)9-12-7-6-8-15-12/h6-8,11,14H,5,9-10H2,1-4H3. The van der Waals surface area contributed by atoms with Crippen molar-refractivity contribution in [2.24, 2.45) is 11.3 Å². The molecule has 0 radical (unpaired) electrons. The second-order valence-corrected chi connectivity index (χ2v) is 4.85. The number of hydrogen-bond acceptors (Lipinski definition) is 2. The molecular weight excluding hydrogens is 186 g/mol. The normalized spacial score (nSPS) is 15.5. The average molecular weight is 209 g/mol. The van der Waals surface area contributed by atoms with Crippen LogP contribution in [0.4, 0.5) is 0 Å². The Labute approximate surface area is 93.1 Å². The van der Waals surface area contributed by atoms with Gasteiger partial charge in [-0.3, -0.25) is 0 Å². The van der Waals surface area contributed by atoms with Crippen LogP contribution in [0.2, 0.25) is 0 Å². The second kappa shape index (κ2) is 5.36. The first-order valence-electron chi connectivity index (χ1n) is 5.81. The highest BCUT2D eigenvalue weighted by Crippen LogP contribution is 2.30. The zero-order valence-corrected chi connectivity index (χ0v) is 10.3. The molecule has 0 saturated carbocycles. The Kier molecular flexibility index (Phi) is 4.40. The molecule has 0 fully saturated rings. The van der Waals surface area contributed by atoms with E-state index in [1.807, 2.05) is 6.07 Å². The summed E-state index contributed by atoms with van der Waals surface area (Å²) in [5.74, 6) is 1.73. The molecule has 0 amide bonds. The average Bonchev–Trinajstić information content (AvgIpc) is 2.67. The van der Waals surface area contributed by atoms with E-state index in [-0.39, 0.29) is 5.41 Å². The van der Waals surface area contributed by atoms with Gasteiger partial charge in [0.1, 0.15) is 5.76 Å². The predicted molar refractivity (Wildman–Crippen MR) is 63.9 cm³/mol. The molecule has 0 aliphatic rings. The zero-order chi connectivity index (χ0) is 11.3. The largest absolute Gasteiger partial charge is 0.469 e. The minimum absolute atomic E-state index is 0.272. The monoisotopic (exact) mass is 209 g/mol. The molecule has 15 heavy (non-hydrogen) atoms. The van der Waals surface area contributed by atoms with Crippen LogP contribution >= 0.6 is 0 Å². The summed E-state index contributed by atoms with van der Waals surface area (Å²) in [7, 11) is 0. The van der Waals surface area contributed by atoms with Crippen molar-refractivity contribution in [2.75, 3.05) is 13.1 Å². The van der Waals surface area contributed by atoms with Crippen LogP contribution in [0.15, 0.2) is 22.8 Å². The first-order chi connectivity index (χ1) is 7.08. The minimum atomic E-state index is 0.272. The van der Waals surface area contributed by atoms with Gasteiger partial charge in [-0.05, 0) is 30.0 Å². The fourth-order valence-corrected chi connectivity index (χ4v) is 1.69.